The normalized spacial score (nSPS) is 12.5. The summed E-state index contributed by atoms with van der Waals surface area (Å²) in [6.45, 7) is -0.147. The summed E-state index contributed by atoms with van der Waals surface area (Å²) in [5.74, 6) is 0.429. The lowest BCUT2D eigenvalue weighted by Crippen LogP contribution is -2.14. The summed E-state index contributed by atoms with van der Waals surface area (Å²) in [6, 6.07) is 4.34. The third-order valence-electron chi connectivity index (χ3n) is 1.83. The molecule has 0 aliphatic carbocycles. The molecule has 1 atom stereocenters. The molecule has 1 rings (SSSR count). The molecule has 1 aromatic rings. The Labute approximate surface area is 76.6 Å². The van der Waals surface area contributed by atoms with Gasteiger partial charge in [-0.2, -0.15) is 0 Å². The van der Waals surface area contributed by atoms with Crippen LogP contribution in [-0.4, -0.2) is 23.9 Å². The van der Waals surface area contributed by atoms with Crippen molar-refractivity contribution in [3.63, 3.8) is 0 Å². The molecule has 0 saturated heterocycles. The molecule has 1 aromatic carbocycles. The van der Waals surface area contributed by atoms with E-state index >= 15 is 0 Å². The highest BCUT2D eigenvalue weighted by atomic mass is 16.5. The van der Waals surface area contributed by atoms with E-state index in [1.807, 2.05) is 0 Å². The van der Waals surface area contributed by atoms with Crippen LogP contribution in [0.15, 0.2) is 18.2 Å². The predicted octanol–water partition coefficient (Wildman–Crippen LogP) is 0.393. The highest BCUT2D eigenvalue weighted by Gasteiger charge is 2.07. The van der Waals surface area contributed by atoms with Crippen molar-refractivity contribution < 1.29 is 14.9 Å². The second-order valence-corrected chi connectivity index (χ2v) is 2.72. The van der Waals surface area contributed by atoms with Crippen molar-refractivity contribution in [3.8, 4) is 11.5 Å². The van der Waals surface area contributed by atoms with Crippen molar-refractivity contribution in [2.45, 2.75) is 6.04 Å². The molecule has 0 radical (unpaired) electrons. The van der Waals surface area contributed by atoms with Crippen LogP contribution in [0.1, 0.15) is 11.6 Å². The standard InChI is InChI=1S/C9H13NO3/c1-13-9-3-2-6(4-8(9)12)7(10)5-11/h2-4,7,11-12H,5,10H2,1H3/t7-/m0/s1. The van der Waals surface area contributed by atoms with Crippen LogP contribution in [-0.2, 0) is 0 Å². The van der Waals surface area contributed by atoms with Crippen molar-refractivity contribution >= 4 is 0 Å². The predicted molar refractivity (Wildman–Crippen MR) is 48.7 cm³/mol. The van der Waals surface area contributed by atoms with Crippen LogP contribution in [0.2, 0.25) is 0 Å². The molecule has 0 amide bonds. The third-order valence-corrected chi connectivity index (χ3v) is 1.83. The lowest BCUT2D eigenvalue weighted by atomic mass is 10.1. The first-order chi connectivity index (χ1) is 6.19. The second-order valence-electron chi connectivity index (χ2n) is 2.72. The fourth-order valence-electron chi connectivity index (χ4n) is 1.04. The molecule has 4 nitrogen and oxygen atoms in total. The number of rotatable bonds is 3. The smallest absolute Gasteiger partial charge is 0.160 e. The fourth-order valence-corrected chi connectivity index (χ4v) is 1.04. The SMILES string of the molecule is COc1ccc([C@@H](N)CO)cc1O. The van der Waals surface area contributed by atoms with Crippen LogP contribution >= 0.6 is 0 Å². The quantitative estimate of drug-likeness (QED) is 0.633. The molecular weight excluding hydrogens is 170 g/mol. The van der Waals surface area contributed by atoms with Crippen LogP contribution in [0.4, 0.5) is 0 Å². The summed E-state index contributed by atoms with van der Waals surface area (Å²) < 4.78 is 4.86. The van der Waals surface area contributed by atoms with E-state index in [-0.39, 0.29) is 12.4 Å². The largest absolute Gasteiger partial charge is 0.504 e. The van der Waals surface area contributed by atoms with E-state index in [2.05, 4.69) is 0 Å². The maximum Gasteiger partial charge on any atom is 0.160 e. The van der Waals surface area contributed by atoms with E-state index < -0.39 is 6.04 Å². The van der Waals surface area contributed by atoms with E-state index in [1.165, 1.54) is 13.2 Å². The Morgan fingerprint density at radius 2 is 2.23 bits per heavy atom. The molecule has 13 heavy (non-hydrogen) atoms. The highest BCUT2D eigenvalue weighted by Crippen LogP contribution is 2.27. The number of hydrogen-bond acceptors (Lipinski definition) is 4. The molecule has 0 aliphatic heterocycles. The summed E-state index contributed by atoms with van der Waals surface area (Å²) >= 11 is 0. The minimum atomic E-state index is -0.461. The van der Waals surface area contributed by atoms with Gasteiger partial charge in [0.15, 0.2) is 11.5 Å². The first kappa shape index (κ1) is 9.83. The summed E-state index contributed by atoms with van der Waals surface area (Å²) in [5, 5.41) is 18.1. The van der Waals surface area contributed by atoms with E-state index in [9.17, 15) is 5.11 Å². The number of nitrogens with two attached hydrogens (primary N) is 1. The van der Waals surface area contributed by atoms with Gasteiger partial charge in [0, 0.05) is 0 Å². The number of benzene rings is 1. The minimum absolute atomic E-state index is 0.0314. The van der Waals surface area contributed by atoms with E-state index in [0.29, 0.717) is 11.3 Å². The van der Waals surface area contributed by atoms with Gasteiger partial charge in [-0.1, -0.05) is 6.07 Å². The zero-order chi connectivity index (χ0) is 9.84. The van der Waals surface area contributed by atoms with Crippen LogP contribution in [0.25, 0.3) is 0 Å². The molecule has 4 N–H and O–H groups in total. The molecule has 0 bridgehead atoms. The first-order valence-electron chi connectivity index (χ1n) is 3.92. The van der Waals surface area contributed by atoms with Crippen LogP contribution in [0, 0.1) is 0 Å². The molecule has 0 saturated carbocycles. The van der Waals surface area contributed by atoms with Crippen molar-refractivity contribution in [3.05, 3.63) is 23.8 Å². The van der Waals surface area contributed by atoms with Crippen LogP contribution < -0.4 is 10.5 Å². The summed E-state index contributed by atoms with van der Waals surface area (Å²) in [4.78, 5) is 0. The molecular formula is C9H13NO3. The number of aliphatic hydroxyl groups is 1. The second kappa shape index (κ2) is 4.11. The Kier molecular flexibility index (Phi) is 3.11. The first-order valence-corrected chi connectivity index (χ1v) is 3.92. The van der Waals surface area contributed by atoms with Crippen molar-refractivity contribution in [1.82, 2.24) is 0 Å². The van der Waals surface area contributed by atoms with Gasteiger partial charge in [-0.3, -0.25) is 0 Å². The van der Waals surface area contributed by atoms with Crippen molar-refractivity contribution in [2.24, 2.45) is 5.73 Å². The number of aromatic hydroxyl groups is 1. The zero-order valence-electron chi connectivity index (χ0n) is 7.40. The van der Waals surface area contributed by atoms with Gasteiger partial charge >= 0.3 is 0 Å². The Hall–Kier alpha value is -1.26. The number of phenols is 1. The van der Waals surface area contributed by atoms with Gasteiger partial charge in [-0.25, -0.2) is 0 Å². The molecule has 4 heteroatoms. The van der Waals surface area contributed by atoms with E-state index in [1.54, 1.807) is 12.1 Å². The van der Waals surface area contributed by atoms with Crippen molar-refractivity contribution in [2.75, 3.05) is 13.7 Å². The number of methoxy groups -OCH3 is 1. The number of phenolic OH excluding ortho intramolecular Hbond substituents is 1. The Balaban J connectivity index is 2.95. The number of aliphatic hydroxyl groups excluding tert-OH is 1. The average Bonchev–Trinajstić information content (AvgIpc) is 2.16. The average molecular weight is 183 g/mol. The van der Waals surface area contributed by atoms with Gasteiger partial charge in [-0.05, 0) is 17.7 Å². The molecule has 0 heterocycles. The van der Waals surface area contributed by atoms with Gasteiger partial charge in [0.05, 0.1) is 19.8 Å². The van der Waals surface area contributed by atoms with Gasteiger partial charge in [-0.15, -0.1) is 0 Å². The minimum Gasteiger partial charge on any atom is -0.504 e. The van der Waals surface area contributed by atoms with Gasteiger partial charge in [0.2, 0.25) is 0 Å². The van der Waals surface area contributed by atoms with Crippen LogP contribution in [0.3, 0.4) is 0 Å². The lowest BCUT2D eigenvalue weighted by Gasteiger charge is -2.10. The van der Waals surface area contributed by atoms with Crippen LogP contribution in [0.5, 0.6) is 11.5 Å². The highest BCUT2D eigenvalue weighted by molar-refractivity contribution is 5.42. The molecule has 0 spiro atoms. The molecule has 0 aromatic heterocycles. The summed E-state index contributed by atoms with van der Waals surface area (Å²) in [7, 11) is 1.47. The van der Waals surface area contributed by atoms with Gasteiger partial charge < -0.3 is 20.7 Å². The fraction of sp³-hybridized carbons (Fsp3) is 0.333. The maximum absolute atomic E-state index is 9.37. The topological polar surface area (TPSA) is 75.7 Å². The van der Waals surface area contributed by atoms with Gasteiger partial charge in [0.25, 0.3) is 0 Å². The third kappa shape index (κ3) is 2.11. The van der Waals surface area contributed by atoms with Crippen molar-refractivity contribution in [1.29, 1.82) is 0 Å². The molecule has 0 aliphatic rings. The summed E-state index contributed by atoms with van der Waals surface area (Å²) in [6.07, 6.45) is 0. The van der Waals surface area contributed by atoms with Gasteiger partial charge in [0.1, 0.15) is 0 Å². The van der Waals surface area contributed by atoms with E-state index in [4.69, 9.17) is 15.6 Å². The summed E-state index contributed by atoms with van der Waals surface area (Å²) in [5.41, 5.74) is 6.23. The maximum atomic E-state index is 9.37. The molecule has 0 unspecified atom stereocenters. The number of hydrogen-bond donors (Lipinski definition) is 3. The monoisotopic (exact) mass is 183 g/mol. The molecule has 0 fully saturated rings. The Morgan fingerprint density at radius 3 is 2.69 bits per heavy atom. The zero-order valence-corrected chi connectivity index (χ0v) is 7.40. The molecule has 72 valence electrons. The lowest BCUT2D eigenvalue weighted by molar-refractivity contribution is 0.267. The van der Waals surface area contributed by atoms with E-state index in [0.717, 1.165) is 0 Å². The number of ether oxygens (including phenoxy) is 1. The Morgan fingerprint density at radius 1 is 1.54 bits per heavy atom. The Bertz CT molecular complexity index is 288.